The molecule has 0 bridgehead atoms. The molecule has 0 radical (unpaired) electrons. The van der Waals surface area contributed by atoms with E-state index in [2.05, 4.69) is 15.0 Å². The lowest BCUT2D eigenvalue weighted by Crippen LogP contribution is -2.26. The van der Waals surface area contributed by atoms with Gasteiger partial charge in [-0.2, -0.15) is 13.2 Å². The number of rotatable bonds is 9. The first-order chi connectivity index (χ1) is 16.9. The summed E-state index contributed by atoms with van der Waals surface area (Å²) in [5, 5.41) is 15.2. The highest BCUT2D eigenvalue weighted by molar-refractivity contribution is 7.92. The standard InChI is InChI=1S/C24H23ClF3N3O4S/c1-36(33,34)31-22-10-14(2-7-19(22)25)23(32)13-29-8-9-35-16-4-6-18-17-5-3-15(24(26,27)28)11-20(17)30-21(18)12-16/h2-7,10-12,23,29-32H,8-9,13H2,1H3. The molecule has 4 N–H and O–H groups in total. The first-order valence-corrected chi connectivity index (χ1v) is 13.1. The van der Waals surface area contributed by atoms with Gasteiger partial charge in [0, 0.05) is 35.4 Å². The molecule has 4 rings (SSSR count). The molecule has 0 spiro atoms. The number of hydrogen-bond acceptors (Lipinski definition) is 5. The minimum Gasteiger partial charge on any atom is -0.492 e. The lowest BCUT2D eigenvalue weighted by atomic mass is 10.1. The van der Waals surface area contributed by atoms with Crippen LogP contribution < -0.4 is 14.8 Å². The van der Waals surface area contributed by atoms with Crippen molar-refractivity contribution >= 4 is 49.1 Å². The molecule has 1 heterocycles. The van der Waals surface area contributed by atoms with E-state index in [0.717, 1.165) is 23.8 Å². The number of aromatic nitrogens is 1. The fraction of sp³-hybridized carbons (Fsp3) is 0.250. The summed E-state index contributed by atoms with van der Waals surface area (Å²) in [5.74, 6) is 0.543. The minimum atomic E-state index is -4.41. The minimum absolute atomic E-state index is 0.182. The summed E-state index contributed by atoms with van der Waals surface area (Å²) >= 11 is 6.01. The van der Waals surface area contributed by atoms with Gasteiger partial charge < -0.3 is 20.1 Å². The third kappa shape index (κ3) is 6.22. The molecule has 0 aliphatic carbocycles. The van der Waals surface area contributed by atoms with E-state index in [-0.39, 0.29) is 23.9 Å². The number of alkyl halides is 3. The summed E-state index contributed by atoms with van der Waals surface area (Å²) in [5.41, 5.74) is 1.00. The number of hydrogen-bond donors (Lipinski definition) is 4. The van der Waals surface area contributed by atoms with Crippen LogP contribution in [0.3, 0.4) is 0 Å². The van der Waals surface area contributed by atoms with E-state index in [1.807, 2.05) is 0 Å². The second kappa shape index (κ2) is 10.2. The first-order valence-electron chi connectivity index (χ1n) is 10.8. The Morgan fingerprint density at radius 1 is 1.06 bits per heavy atom. The zero-order chi connectivity index (χ0) is 26.1. The Kier molecular flexibility index (Phi) is 7.37. The van der Waals surface area contributed by atoms with Gasteiger partial charge in [0.1, 0.15) is 12.4 Å². The van der Waals surface area contributed by atoms with Gasteiger partial charge in [0.05, 0.1) is 34.1 Å². The fourth-order valence-electron chi connectivity index (χ4n) is 3.78. The van der Waals surface area contributed by atoms with E-state index in [4.69, 9.17) is 16.3 Å². The van der Waals surface area contributed by atoms with Crippen molar-refractivity contribution in [3.63, 3.8) is 0 Å². The molecule has 1 atom stereocenters. The average Bonchev–Trinajstić information content (AvgIpc) is 3.15. The summed E-state index contributed by atoms with van der Waals surface area (Å²) in [6, 6.07) is 13.4. The molecule has 7 nitrogen and oxygen atoms in total. The van der Waals surface area contributed by atoms with Crippen molar-refractivity contribution in [3.05, 3.63) is 70.7 Å². The van der Waals surface area contributed by atoms with Crippen LogP contribution in [0.4, 0.5) is 18.9 Å². The molecule has 4 aromatic rings. The maximum Gasteiger partial charge on any atom is 0.416 e. The zero-order valence-electron chi connectivity index (χ0n) is 19.0. The van der Waals surface area contributed by atoms with Crippen molar-refractivity contribution in [1.82, 2.24) is 10.3 Å². The number of aliphatic hydroxyl groups is 1. The Morgan fingerprint density at radius 2 is 1.75 bits per heavy atom. The van der Waals surface area contributed by atoms with Crippen LogP contribution in [0.1, 0.15) is 17.2 Å². The van der Waals surface area contributed by atoms with Gasteiger partial charge >= 0.3 is 6.18 Å². The molecule has 0 fully saturated rings. The Balaban J connectivity index is 1.32. The number of ether oxygens (including phenoxy) is 1. The van der Waals surface area contributed by atoms with Crippen LogP contribution in [-0.4, -0.2) is 44.5 Å². The summed E-state index contributed by atoms with van der Waals surface area (Å²) in [6.45, 7) is 0.864. The van der Waals surface area contributed by atoms with Gasteiger partial charge in [-0.15, -0.1) is 0 Å². The monoisotopic (exact) mass is 541 g/mol. The van der Waals surface area contributed by atoms with Gasteiger partial charge in [-0.3, -0.25) is 4.72 Å². The van der Waals surface area contributed by atoms with Gasteiger partial charge in [-0.1, -0.05) is 23.7 Å². The second-order valence-electron chi connectivity index (χ2n) is 8.27. The number of nitrogens with one attached hydrogen (secondary N) is 3. The van der Waals surface area contributed by atoms with Crippen LogP contribution in [0.25, 0.3) is 21.8 Å². The molecule has 3 aromatic carbocycles. The molecule has 0 amide bonds. The van der Waals surface area contributed by atoms with Crippen molar-refractivity contribution in [2.45, 2.75) is 12.3 Å². The predicted molar refractivity (Wildman–Crippen MR) is 134 cm³/mol. The van der Waals surface area contributed by atoms with E-state index in [0.29, 0.717) is 34.3 Å². The molecule has 0 aliphatic heterocycles. The molecule has 0 aliphatic rings. The highest BCUT2D eigenvalue weighted by Gasteiger charge is 2.30. The fourth-order valence-corrected chi connectivity index (χ4v) is 4.57. The van der Waals surface area contributed by atoms with Gasteiger partial charge in [-0.05, 0) is 42.0 Å². The molecule has 36 heavy (non-hydrogen) atoms. The number of halogens is 4. The van der Waals surface area contributed by atoms with Crippen molar-refractivity contribution < 1.29 is 31.4 Å². The van der Waals surface area contributed by atoms with E-state index in [1.165, 1.54) is 18.2 Å². The SMILES string of the molecule is CS(=O)(=O)Nc1cc(C(O)CNCCOc2ccc3c(c2)[nH]c2cc(C(F)(F)F)ccc23)ccc1Cl. The highest BCUT2D eigenvalue weighted by Crippen LogP contribution is 2.34. The molecule has 0 saturated heterocycles. The Morgan fingerprint density at radius 3 is 2.44 bits per heavy atom. The van der Waals surface area contributed by atoms with Gasteiger partial charge in [-0.25, -0.2) is 8.42 Å². The second-order valence-corrected chi connectivity index (χ2v) is 10.4. The number of anilines is 1. The summed E-state index contributed by atoms with van der Waals surface area (Å²) in [6.07, 6.45) is -4.32. The van der Waals surface area contributed by atoms with Crippen LogP contribution in [0.5, 0.6) is 5.75 Å². The predicted octanol–water partition coefficient (Wildman–Crippen LogP) is 5.07. The maximum absolute atomic E-state index is 13.0. The topological polar surface area (TPSA) is 103 Å². The zero-order valence-corrected chi connectivity index (χ0v) is 20.6. The molecule has 1 aromatic heterocycles. The van der Waals surface area contributed by atoms with Crippen LogP contribution in [0, 0.1) is 0 Å². The largest absolute Gasteiger partial charge is 0.492 e. The normalized spacial score (nSPS) is 13.3. The van der Waals surface area contributed by atoms with Crippen LogP contribution in [-0.2, 0) is 16.2 Å². The molecule has 1 unspecified atom stereocenters. The smallest absolute Gasteiger partial charge is 0.416 e. The number of benzene rings is 3. The van der Waals surface area contributed by atoms with Crippen molar-refractivity contribution in [2.75, 3.05) is 30.7 Å². The molecule has 0 saturated carbocycles. The quantitative estimate of drug-likeness (QED) is 0.222. The van der Waals surface area contributed by atoms with E-state index in [9.17, 15) is 26.7 Å². The number of H-pyrrole nitrogens is 1. The van der Waals surface area contributed by atoms with Crippen LogP contribution in [0.15, 0.2) is 54.6 Å². The summed E-state index contributed by atoms with van der Waals surface area (Å²) in [4.78, 5) is 3.01. The number of sulfonamides is 1. The lowest BCUT2D eigenvalue weighted by Gasteiger charge is -2.15. The third-order valence-electron chi connectivity index (χ3n) is 5.45. The van der Waals surface area contributed by atoms with Crippen molar-refractivity contribution in [1.29, 1.82) is 0 Å². The first kappa shape index (κ1) is 26.1. The Bertz CT molecular complexity index is 1510. The van der Waals surface area contributed by atoms with Crippen molar-refractivity contribution in [2.24, 2.45) is 0 Å². The summed E-state index contributed by atoms with van der Waals surface area (Å²) in [7, 11) is -3.52. The van der Waals surface area contributed by atoms with Gasteiger partial charge in [0.2, 0.25) is 10.0 Å². The molecule has 12 heteroatoms. The van der Waals surface area contributed by atoms with E-state index in [1.54, 1.807) is 24.3 Å². The number of aliphatic hydroxyl groups excluding tert-OH is 1. The van der Waals surface area contributed by atoms with Crippen molar-refractivity contribution in [3.8, 4) is 5.75 Å². The number of fused-ring (bicyclic) bond motifs is 3. The lowest BCUT2D eigenvalue weighted by molar-refractivity contribution is -0.137. The highest BCUT2D eigenvalue weighted by atomic mass is 35.5. The molecular weight excluding hydrogens is 519 g/mol. The van der Waals surface area contributed by atoms with Crippen LogP contribution >= 0.6 is 11.6 Å². The summed E-state index contributed by atoms with van der Waals surface area (Å²) < 4.78 is 69.9. The number of aromatic amines is 1. The third-order valence-corrected chi connectivity index (χ3v) is 6.37. The van der Waals surface area contributed by atoms with Crippen LogP contribution in [0.2, 0.25) is 5.02 Å². The van der Waals surface area contributed by atoms with Gasteiger partial charge in [0.25, 0.3) is 0 Å². The Hall–Kier alpha value is -2.99. The van der Waals surface area contributed by atoms with E-state index >= 15 is 0 Å². The average molecular weight is 542 g/mol. The van der Waals surface area contributed by atoms with E-state index < -0.39 is 27.9 Å². The Labute approximate surface area is 210 Å². The molecule has 192 valence electrons. The van der Waals surface area contributed by atoms with Gasteiger partial charge in [0.15, 0.2) is 0 Å². The molecular formula is C24H23ClF3N3O4S. The maximum atomic E-state index is 13.0.